The van der Waals surface area contributed by atoms with E-state index in [-0.39, 0.29) is 11.5 Å². The van der Waals surface area contributed by atoms with E-state index < -0.39 is 10.0 Å². The molecule has 0 aliphatic carbocycles. The van der Waals surface area contributed by atoms with Crippen LogP contribution in [0.2, 0.25) is 5.02 Å². The number of hydrogen-bond acceptors (Lipinski definition) is 3. The minimum atomic E-state index is -3.80. The Morgan fingerprint density at radius 2 is 1.95 bits per heavy atom. The van der Waals surface area contributed by atoms with Crippen LogP contribution in [0.3, 0.4) is 0 Å². The van der Waals surface area contributed by atoms with Crippen molar-refractivity contribution in [3.05, 3.63) is 57.0 Å². The van der Waals surface area contributed by atoms with Crippen LogP contribution in [0, 0.1) is 6.92 Å². The lowest BCUT2D eigenvalue weighted by molar-refractivity contribution is 0.281. The van der Waals surface area contributed by atoms with Crippen molar-refractivity contribution in [1.29, 1.82) is 0 Å². The van der Waals surface area contributed by atoms with Crippen LogP contribution >= 0.6 is 27.5 Å². The summed E-state index contributed by atoms with van der Waals surface area (Å²) in [6.45, 7) is 1.44. The lowest BCUT2D eigenvalue weighted by atomic mass is 10.2. The summed E-state index contributed by atoms with van der Waals surface area (Å²) in [6.07, 6.45) is 0. The molecule has 4 nitrogen and oxygen atoms in total. The fourth-order valence-electron chi connectivity index (χ4n) is 1.82. The standard InChI is InChI=1S/C14H13BrClNO3S/c1-9-11(15)6-10(8-18)7-14(9)21(19,20)17-13-5-3-2-4-12(13)16/h2-7,17-18H,8H2,1H3. The molecule has 0 heterocycles. The third kappa shape index (κ3) is 3.58. The van der Waals surface area contributed by atoms with Crippen molar-refractivity contribution in [3.63, 3.8) is 0 Å². The number of benzene rings is 2. The highest BCUT2D eigenvalue weighted by Gasteiger charge is 2.20. The van der Waals surface area contributed by atoms with Gasteiger partial charge in [0.05, 0.1) is 22.2 Å². The molecule has 112 valence electrons. The molecule has 0 spiro atoms. The summed E-state index contributed by atoms with van der Waals surface area (Å²) < 4.78 is 28.1. The molecule has 2 rings (SSSR count). The molecule has 0 bridgehead atoms. The lowest BCUT2D eigenvalue weighted by Crippen LogP contribution is -2.15. The van der Waals surface area contributed by atoms with E-state index in [9.17, 15) is 13.5 Å². The summed E-state index contributed by atoms with van der Waals surface area (Å²) >= 11 is 9.27. The summed E-state index contributed by atoms with van der Waals surface area (Å²) in [7, 11) is -3.80. The number of aliphatic hydroxyl groups excluding tert-OH is 1. The Labute approximate surface area is 136 Å². The fraction of sp³-hybridized carbons (Fsp3) is 0.143. The molecule has 2 aromatic rings. The van der Waals surface area contributed by atoms with Gasteiger partial charge in [0.15, 0.2) is 0 Å². The molecule has 0 amide bonds. The lowest BCUT2D eigenvalue weighted by Gasteiger charge is -2.13. The Hall–Kier alpha value is -1.08. The zero-order valence-corrected chi connectivity index (χ0v) is 14.3. The monoisotopic (exact) mass is 389 g/mol. The zero-order chi connectivity index (χ0) is 15.6. The van der Waals surface area contributed by atoms with Crippen LogP contribution in [-0.4, -0.2) is 13.5 Å². The van der Waals surface area contributed by atoms with E-state index in [1.54, 1.807) is 37.3 Å². The van der Waals surface area contributed by atoms with Gasteiger partial charge >= 0.3 is 0 Å². The molecule has 0 atom stereocenters. The smallest absolute Gasteiger partial charge is 0.262 e. The molecule has 0 unspecified atom stereocenters. The third-order valence-electron chi connectivity index (χ3n) is 2.95. The summed E-state index contributed by atoms with van der Waals surface area (Å²) in [6, 6.07) is 9.72. The maximum atomic E-state index is 12.5. The number of para-hydroxylation sites is 1. The minimum Gasteiger partial charge on any atom is -0.392 e. The van der Waals surface area contributed by atoms with Gasteiger partial charge in [0.25, 0.3) is 10.0 Å². The molecule has 2 N–H and O–H groups in total. The third-order valence-corrected chi connectivity index (χ3v) is 5.59. The number of anilines is 1. The summed E-state index contributed by atoms with van der Waals surface area (Å²) in [5.74, 6) is 0. The molecule has 0 saturated carbocycles. The fourth-order valence-corrected chi connectivity index (χ4v) is 4.10. The maximum absolute atomic E-state index is 12.5. The molecule has 0 aliphatic heterocycles. The van der Waals surface area contributed by atoms with Crippen molar-refractivity contribution in [3.8, 4) is 0 Å². The Morgan fingerprint density at radius 3 is 2.57 bits per heavy atom. The van der Waals surface area contributed by atoms with Gasteiger partial charge in [0.2, 0.25) is 0 Å². The maximum Gasteiger partial charge on any atom is 0.262 e. The van der Waals surface area contributed by atoms with E-state index in [1.165, 1.54) is 6.07 Å². The van der Waals surface area contributed by atoms with Crippen molar-refractivity contribution >= 4 is 43.2 Å². The van der Waals surface area contributed by atoms with Crippen LogP contribution in [0.5, 0.6) is 0 Å². The number of rotatable bonds is 4. The van der Waals surface area contributed by atoms with Gasteiger partial charge in [-0.1, -0.05) is 39.7 Å². The number of hydrogen-bond donors (Lipinski definition) is 2. The average molecular weight is 391 g/mol. The number of aliphatic hydroxyl groups is 1. The number of nitrogens with one attached hydrogen (secondary N) is 1. The average Bonchev–Trinajstić information content (AvgIpc) is 2.43. The van der Waals surface area contributed by atoms with Crippen molar-refractivity contribution in [2.75, 3.05) is 4.72 Å². The Kier molecular flexibility index (Phi) is 4.93. The van der Waals surface area contributed by atoms with Crippen molar-refractivity contribution in [1.82, 2.24) is 0 Å². The van der Waals surface area contributed by atoms with E-state index in [1.807, 2.05) is 0 Å². The second-order valence-corrected chi connectivity index (χ2v) is 7.36. The highest BCUT2D eigenvalue weighted by Crippen LogP contribution is 2.29. The van der Waals surface area contributed by atoms with Gasteiger partial charge in [-0.2, -0.15) is 0 Å². The molecule has 0 saturated heterocycles. The summed E-state index contributed by atoms with van der Waals surface area (Å²) in [5, 5.41) is 9.54. The van der Waals surface area contributed by atoms with E-state index >= 15 is 0 Å². The van der Waals surface area contributed by atoms with E-state index in [0.717, 1.165) is 0 Å². The molecule has 0 aliphatic rings. The topological polar surface area (TPSA) is 66.4 Å². The minimum absolute atomic E-state index is 0.0980. The molecular weight excluding hydrogens is 378 g/mol. The number of sulfonamides is 1. The highest BCUT2D eigenvalue weighted by molar-refractivity contribution is 9.10. The molecule has 0 aromatic heterocycles. The SMILES string of the molecule is Cc1c(Br)cc(CO)cc1S(=O)(=O)Nc1ccccc1Cl. The summed E-state index contributed by atoms with van der Waals surface area (Å²) in [5.41, 5.74) is 1.38. The van der Waals surface area contributed by atoms with E-state index in [4.69, 9.17) is 11.6 Å². The Balaban J connectivity index is 2.50. The molecule has 0 radical (unpaired) electrons. The first-order valence-corrected chi connectivity index (χ1v) is 8.68. The molecule has 2 aromatic carbocycles. The second kappa shape index (κ2) is 6.36. The first-order chi connectivity index (χ1) is 9.85. The van der Waals surface area contributed by atoms with Gasteiger partial charge in [-0.15, -0.1) is 0 Å². The van der Waals surface area contributed by atoms with Gasteiger partial charge in [0, 0.05) is 4.47 Å². The van der Waals surface area contributed by atoms with Crippen LogP contribution in [-0.2, 0) is 16.6 Å². The van der Waals surface area contributed by atoms with Crippen LogP contribution in [0.15, 0.2) is 45.8 Å². The first kappa shape index (κ1) is 16.3. The summed E-state index contributed by atoms with van der Waals surface area (Å²) in [4.78, 5) is 0.0980. The Morgan fingerprint density at radius 1 is 1.29 bits per heavy atom. The van der Waals surface area contributed by atoms with E-state index in [0.29, 0.717) is 26.3 Å². The second-order valence-electron chi connectivity index (χ2n) is 4.44. The van der Waals surface area contributed by atoms with Gasteiger partial charge in [-0.05, 0) is 42.3 Å². The molecular formula is C14H13BrClNO3S. The largest absolute Gasteiger partial charge is 0.392 e. The first-order valence-electron chi connectivity index (χ1n) is 6.02. The predicted molar refractivity (Wildman–Crippen MR) is 87.1 cm³/mol. The van der Waals surface area contributed by atoms with Gasteiger partial charge < -0.3 is 5.11 Å². The van der Waals surface area contributed by atoms with Crippen LogP contribution in [0.1, 0.15) is 11.1 Å². The van der Waals surface area contributed by atoms with Crippen molar-refractivity contribution in [2.24, 2.45) is 0 Å². The molecule has 0 fully saturated rings. The van der Waals surface area contributed by atoms with Crippen LogP contribution in [0.4, 0.5) is 5.69 Å². The predicted octanol–water partition coefficient (Wildman–Crippen LogP) is 3.70. The van der Waals surface area contributed by atoms with Crippen molar-refractivity contribution in [2.45, 2.75) is 18.4 Å². The molecule has 21 heavy (non-hydrogen) atoms. The van der Waals surface area contributed by atoms with Crippen LogP contribution < -0.4 is 4.72 Å². The van der Waals surface area contributed by atoms with Gasteiger partial charge in [-0.25, -0.2) is 8.42 Å². The normalized spacial score (nSPS) is 11.4. The highest BCUT2D eigenvalue weighted by atomic mass is 79.9. The van der Waals surface area contributed by atoms with E-state index in [2.05, 4.69) is 20.7 Å². The zero-order valence-electron chi connectivity index (χ0n) is 11.1. The van der Waals surface area contributed by atoms with Crippen molar-refractivity contribution < 1.29 is 13.5 Å². The number of halogens is 2. The van der Waals surface area contributed by atoms with Crippen LogP contribution in [0.25, 0.3) is 0 Å². The quantitative estimate of drug-likeness (QED) is 0.836. The molecule has 7 heteroatoms. The Bertz CT molecular complexity index is 778. The van der Waals surface area contributed by atoms with Gasteiger partial charge in [0.1, 0.15) is 0 Å². The van der Waals surface area contributed by atoms with Gasteiger partial charge in [-0.3, -0.25) is 4.72 Å².